The van der Waals surface area contributed by atoms with E-state index in [2.05, 4.69) is 20.4 Å². The zero-order valence-corrected chi connectivity index (χ0v) is 26.9. The summed E-state index contributed by atoms with van der Waals surface area (Å²) in [6, 6.07) is 12.0. The number of carbonyl (C=O) groups is 4. The molecule has 3 N–H and O–H groups in total. The highest BCUT2D eigenvalue weighted by atomic mass is 35.5. The van der Waals surface area contributed by atoms with E-state index in [1.807, 2.05) is 30.3 Å². The number of likely N-dealkylation sites (tertiary alicyclic amines) is 1. The number of hydrogen-bond donors (Lipinski definition) is 3. The summed E-state index contributed by atoms with van der Waals surface area (Å²) < 4.78 is 11.3. The quantitative estimate of drug-likeness (QED) is 0.121. The van der Waals surface area contributed by atoms with Gasteiger partial charge in [-0.2, -0.15) is 0 Å². The van der Waals surface area contributed by atoms with Crippen molar-refractivity contribution in [3.8, 4) is 0 Å². The number of carboxylic acid groups (broad SMARTS) is 2. The number of hydrogen-bond acceptors (Lipinski definition) is 10. The van der Waals surface area contributed by atoms with Crippen LogP contribution in [0.4, 0.5) is 4.79 Å². The third-order valence-electron chi connectivity index (χ3n) is 6.12. The van der Waals surface area contributed by atoms with Crippen LogP contribution >= 0.6 is 11.6 Å². The Morgan fingerprint density at radius 3 is 2.24 bits per heavy atom. The molecule has 2 aromatic rings. The van der Waals surface area contributed by atoms with Gasteiger partial charge in [-0.15, -0.1) is 0 Å². The highest BCUT2D eigenvalue weighted by Crippen LogP contribution is 2.14. The maximum Gasteiger partial charge on any atom is 0.408 e. The Bertz CT molecular complexity index is 1300. The molecule has 0 unspecified atom stereocenters. The molecule has 0 saturated carbocycles. The molecule has 250 valence electrons. The van der Waals surface area contributed by atoms with Crippen LogP contribution in [0.3, 0.4) is 0 Å². The molecule has 46 heavy (non-hydrogen) atoms. The molecule has 3 rings (SSSR count). The number of aliphatic carboxylic acids is 2. The van der Waals surface area contributed by atoms with Gasteiger partial charge in [-0.25, -0.2) is 19.2 Å². The van der Waals surface area contributed by atoms with Crippen LogP contribution < -0.4 is 5.32 Å². The SMILES string of the molecule is CC(C)(C)OC(=O)N[C@@H](Cc1ccccc1)C(=O)O[C@@H](CON=C(Cl)c1cccnc1)CN1CCCCC1.O=C(O)/C=C\C(=O)O. The van der Waals surface area contributed by atoms with Gasteiger partial charge in [-0.05, 0) is 64.4 Å². The molecule has 1 aliphatic rings. The van der Waals surface area contributed by atoms with Crippen LogP contribution in [0.25, 0.3) is 0 Å². The summed E-state index contributed by atoms with van der Waals surface area (Å²) in [7, 11) is 0. The Hall–Kier alpha value is -4.49. The number of amides is 1. The summed E-state index contributed by atoms with van der Waals surface area (Å²) >= 11 is 6.24. The van der Waals surface area contributed by atoms with Gasteiger partial charge in [0.1, 0.15) is 11.6 Å². The monoisotopic (exact) mass is 660 g/mol. The summed E-state index contributed by atoms with van der Waals surface area (Å²) in [4.78, 5) is 56.8. The van der Waals surface area contributed by atoms with E-state index < -0.39 is 41.7 Å². The van der Waals surface area contributed by atoms with Crippen molar-refractivity contribution >= 4 is 40.8 Å². The number of oxime groups is 1. The summed E-state index contributed by atoms with van der Waals surface area (Å²) in [5.41, 5.74) is 0.784. The van der Waals surface area contributed by atoms with E-state index in [0.717, 1.165) is 31.5 Å². The molecule has 1 aliphatic heterocycles. The molecule has 14 heteroatoms. The molecule has 1 aromatic carbocycles. The molecule has 13 nitrogen and oxygen atoms in total. The van der Waals surface area contributed by atoms with Crippen molar-refractivity contribution < 1.29 is 43.7 Å². The highest BCUT2D eigenvalue weighted by Gasteiger charge is 2.29. The Morgan fingerprint density at radius 1 is 1.02 bits per heavy atom. The van der Waals surface area contributed by atoms with Crippen molar-refractivity contribution in [2.45, 2.75) is 64.2 Å². The lowest BCUT2D eigenvalue weighted by molar-refractivity contribution is -0.156. The summed E-state index contributed by atoms with van der Waals surface area (Å²) in [6.07, 6.45) is 6.63. The first-order valence-corrected chi connectivity index (χ1v) is 15.1. The van der Waals surface area contributed by atoms with Crippen LogP contribution in [0, 0.1) is 0 Å². The van der Waals surface area contributed by atoms with Gasteiger partial charge in [0.05, 0.1) is 0 Å². The van der Waals surface area contributed by atoms with Crippen LogP contribution in [0.2, 0.25) is 0 Å². The maximum atomic E-state index is 13.4. The predicted octanol–water partition coefficient (Wildman–Crippen LogP) is 4.24. The second-order valence-corrected chi connectivity index (χ2v) is 11.6. The van der Waals surface area contributed by atoms with E-state index in [4.69, 9.17) is 36.1 Å². The van der Waals surface area contributed by atoms with Crippen molar-refractivity contribution in [1.82, 2.24) is 15.2 Å². The number of piperidine rings is 1. The number of nitrogens with one attached hydrogen (secondary N) is 1. The number of nitrogens with zero attached hydrogens (tertiary/aromatic N) is 3. The lowest BCUT2D eigenvalue weighted by atomic mass is 10.1. The fraction of sp³-hybridized carbons (Fsp3) is 0.438. The molecule has 2 atom stereocenters. The van der Waals surface area contributed by atoms with Crippen molar-refractivity contribution in [1.29, 1.82) is 0 Å². The third-order valence-corrected chi connectivity index (χ3v) is 6.41. The number of halogens is 1. The number of alkyl carbamates (subject to hydrolysis) is 1. The standard InChI is InChI=1S/C28H37ClN4O5.C4H4O4/c1-28(2,3)38-27(35)31-24(17-21-11-6-4-7-12-21)26(34)37-23(19-33-15-8-5-9-16-33)20-36-32-25(29)22-13-10-14-30-18-22;5-3(6)1-2-4(7)8/h4,6-7,10-14,18,23-24H,5,8-9,15-17,19-20H2,1-3H3,(H,31,35);1-2H,(H,5,6)(H,7,8)/b;2-1-/t23-,24+;/m1./s1. The molecular weight excluding hydrogens is 620 g/mol. The number of pyridine rings is 1. The number of esters is 1. The minimum Gasteiger partial charge on any atom is -0.478 e. The van der Waals surface area contributed by atoms with E-state index in [1.54, 1.807) is 45.3 Å². The van der Waals surface area contributed by atoms with Crippen molar-refractivity contribution in [2.24, 2.45) is 5.16 Å². The van der Waals surface area contributed by atoms with E-state index in [9.17, 15) is 19.2 Å². The van der Waals surface area contributed by atoms with Gasteiger partial charge < -0.3 is 29.8 Å². The lowest BCUT2D eigenvalue weighted by Gasteiger charge is -2.30. The van der Waals surface area contributed by atoms with Gasteiger partial charge in [0.2, 0.25) is 0 Å². The fourth-order valence-corrected chi connectivity index (χ4v) is 4.31. The zero-order valence-electron chi connectivity index (χ0n) is 26.1. The number of aromatic nitrogens is 1. The minimum atomic E-state index is -1.26. The largest absolute Gasteiger partial charge is 0.478 e. The molecule has 2 heterocycles. The third kappa shape index (κ3) is 16.5. The molecule has 0 bridgehead atoms. The zero-order chi connectivity index (χ0) is 34.0. The second kappa shape index (κ2) is 19.8. The highest BCUT2D eigenvalue weighted by molar-refractivity contribution is 6.69. The van der Waals surface area contributed by atoms with Crippen LogP contribution in [0.15, 0.2) is 72.2 Å². The van der Waals surface area contributed by atoms with Crippen molar-refractivity contribution in [2.75, 3.05) is 26.2 Å². The molecule has 0 aliphatic carbocycles. The average Bonchev–Trinajstić information content (AvgIpc) is 3.00. The molecule has 1 saturated heterocycles. The van der Waals surface area contributed by atoms with E-state index in [1.165, 1.54) is 6.42 Å². The number of carboxylic acids is 2. The van der Waals surface area contributed by atoms with Gasteiger partial charge >= 0.3 is 24.0 Å². The molecule has 1 fully saturated rings. The first-order valence-electron chi connectivity index (χ1n) is 14.7. The normalized spacial score (nSPS) is 15.1. The Morgan fingerprint density at radius 2 is 1.67 bits per heavy atom. The van der Waals surface area contributed by atoms with Gasteiger partial charge in [0, 0.05) is 43.1 Å². The lowest BCUT2D eigenvalue weighted by Crippen LogP contribution is -2.48. The van der Waals surface area contributed by atoms with Crippen LogP contribution in [-0.2, 0) is 35.1 Å². The van der Waals surface area contributed by atoms with Gasteiger partial charge in [0.25, 0.3) is 0 Å². The molecule has 1 amide bonds. The minimum absolute atomic E-state index is 0.00319. The molecular formula is C32H41ClN4O9. The van der Waals surface area contributed by atoms with Crippen LogP contribution in [0.1, 0.15) is 51.2 Å². The second-order valence-electron chi connectivity index (χ2n) is 11.2. The predicted molar refractivity (Wildman–Crippen MR) is 170 cm³/mol. The Balaban J connectivity index is 0.000000812. The summed E-state index contributed by atoms with van der Waals surface area (Å²) in [5.74, 6) is -3.09. The van der Waals surface area contributed by atoms with Crippen LogP contribution in [0.5, 0.6) is 0 Å². The summed E-state index contributed by atoms with van der Waals surface area (Å²) in [5, 5.41) is 22.4. The van der Waals surface area contributed by atoms with Gasteiger partial charge in [0.15, 0.2) is 17.9 Å². The average molecular weight is 661 g/mol. The van der Waals surface area contributed by atoms with Crippen LogP contribution in [-0.4, -0.2) is 93.3 Å². The molecule has 0 spiro atoms. The molecule has 0 radical (unpaired) electrons. The smallest absolute Gasteiger partial charge is 0.408 e. The van der Waals surface area contributed by atoms with Gasteiger partial charge in [-0.3, -0.25) is 9.88 Å². The Kier molecular flexibility index (Phi) is 16.2. The van der Waals surface area contributed by atoms with Crippen molar-refractivity contribution in [3.05, 3.63) is 78.1 Å². The number of rotatable bonds is 13. The first kappa shape index (κ1) is 37.7. The molecule has 1 aromatic heterocycles. The maximum absolute atomic E-state index is 13.4. The van der Waals surface area contributed by atoms with E-state index in [-0.39, 0.29) is 18.2 Å². The summed E-state index contributed by atoms with van der Waals surface area (Å²) in [6.45, 7) is 7.61. The fourth-order valence-electron chi connectivity index (χ4n) is 4.15. The topological polar surface area (TPSA) is 177 Å². The van der Waals surface area contributed by atoms with E-state index >= 15 is 0 Å². The van der Waals surface area contributed by atoms with Gasteiger partial charge in [-0.1, -0.05) is 53.5 Å². The number of carbonyl (C=O) groups excluding carboxylic acids is 2. The van der Waals surface area contributed by atoms with E-state index in [0.29, 0.717) is 24.3 Å². The Labute approximate surface area is 273 Å². The first-order chi connectivity index (χ1) is 21.8. The van der Waals surface area contributed by atoms with Crippen molar-refractivity contribution in [3.63, 3.8) is 0 Å². The number of ether oxygens (including phenoxy) is 2. The number of benzene rings is 1.